The minimum atomic E-state index is -0.407. The zero-order valence-electron chi connectivity index (χ0n) is 30.0. The minimum Gasteiger partial charge on any atom is -0.366 e. The Morgan fingerprint density at radius 1 is 0.463 bits per heavy atom. The van der Waals surface area contributed by atoms with Crippen LogP contribution in [-0.2, 0) is 6.42 Å². The van der Waals surface area contributed by atoms with E-state index >= 15 is 0 Å². The van der Waals surface area contributed by atoms with Gasteiger partial charge < -0.3 is 11.1 Å². The van der Waals surface area contributed by atoms with Crippen molar-refractivity contribution in [2.24, 2.45) is 5.73 Å². The average Bonchev–Trinajstić information content (AvgIpc) is 3.25. The molecule has 258 valence electrons. The number of nitrogens with two attached hydrogens (primary N) is 1. The van der Waals surface area contributed by atoms with Crippen LogP contribution in [0.25, 0.3) is 71.4 Å². The third-order valence-electron chi connectivity index (χ3n) is 10.5. The first-order valence-electron chi connectivity index (χ1n) is 18.6. The summed E-state index contributed by atoms with van der Waals surface area (Å²) in [6.07, 6.45) is 2.63. The Morgan fingerprint density at radius 2 is 1.07 bits per heavy atom. The predicted molar refractivity (Wildman–Crippen MR) is 230 cm³/mol. The molecule has 0 aliphatic rings. The number of fused-ring (bicyclic) bond motifs is 4. The van der Waals surface area contributed by atoms with Crippen molar-refractivity contribution < 1.29 is 0 Å². The number of hydrogen-bond donors (Lipinski definition) is 2. The molecule has 0 fully saturated rings. The van der Waals surface area contributed by atoms with E-state index in [0.717, 1.165) is 39.9 Å². The van der Waals surface area contributed by atoms with Gasteiger partial charge in [0.2, 0.25) is 0 Å². The number of allylic oxidation sites excluding steroid dienone is 1. The molecule has 9 aromatic rings. The number of benzene rings is 9. The monoisotopic (exact) mass is 692 g/mol. The molecular formula is C52H40N2. The summed E-state index contributed by atoms with van der Waals surface area (Å²) in [5, 5.41) is 11.2. The third-order valence-corrected chi connectivity index (χ3v) is 10.5. The van der Waals surface area contributed by atoms with Crippen LogP contribution < -0.4 is 11.1 Å². The van der Waals surface area contributed by atoms with Gasteiger partial charge in [0.15, 0.2) is 0 Å². The number of rotatable bonds is 9. The van der Waals surface area contributed by atoms with E-state index in [1.165, 1.54) is 54.6 Å². The predicted octanol–water partition coefficient (Wildman–Crippen LogP) is 13.0. The zero-order valence-corrected chi connectivity index (χ0v) is 30.0. The summed E-state index contributed by atoms with van der Waals surface area (Å²) in [4.78, 5) is 0. The van der Waals surface area contributed by atoms with Crippen molar-refractivity contribution >= 4 is 38.0 Å². The fraction of sp³-hybridized carbons (Fsp3) is 0.0385. The van der Waals surface area contributed by atoms with E-state index in [1.807, 2.05) is 18.2 Å². The lowest BCUT2D eigenvalue weighted by Crippen LogP contribution is -2.27. The molecule has 0 amide bonds. The molecule has 0 aromatic heterocycles. The normalized spacial score (nSPS) is 12.3. The molecular weight excluding hydrogens is 653 g/mol. The van der Waals surface area contributed by atoms with Crippen molar-refractivity contribution in [1.29, 1.82) is 0 Å². The second-order valence-electron chi connectivity index (χ2n) is 13.9. The molecule has 0 radical (unpaired) electrons. The van der Waals surface area contributed by atoms with Crippen molar-refractivity contribution in [3.63, 3.8) is 0 Å². The third kappa shape index (κ3) is 6.56. The van der Waals surface area contributed by atoms with Crippen LogP contribution in [0.15, 0.2) is 206 Å². The largest absolute Gasteiger partial charge is 0.366 e. The topological polar surface area (TPSA) is 38.0 Å². The van der Waals surface area contributed by atoms with Crippen LogP contribution >= 0.6 is 0 Å². The summed E-state index contributed by atoms with van der Waals surface area (Å²) in [6, 6.07) is 71.7. The van der Waals surface area contributed by atoms with Gasteiger partial charge >= 0.3 is 0 Å². The Balaban J connectivity index is 1.27. The van der Waals surface area contributed by atoms with Crippen LogP contribution in [0.3, 0.4) is 0 Å². The molecule has 0 bridgehead atoms. The first-order chi connectivity index (χ1) is 26.7. The quantitative estimate of drug-likeness (QED) is 0.0898. The van der Waals surface area contributed by atoms with Gasteiger partial charge in [0.1, 0.15) is 6.17 Å². The first kappa shape index (κ1) is 33.1. The maximum absolute atomic E-state index is 6.97. The van der Waals surface area contributed by atoms with Gasteiger partial charge in [0.05, 0.1) is 0 Å². The molecule has 0 saturated heterocycles. The Morgan fingerprint density at radius 3 is 1.85 bits per heavy atom. The van der Waals surface area contributed by atoms with Crippen LogP contribution in [0.1, 0.15) is 22.9 Å². The maximum atomic E-state index is 6.97. The van der Waals surface area contributed by atoms with Crippen molar-refractivity contribution in [1.82, 2.24) is 5.32 Å². The van der Waals surface area contributed by atoms with E-state index in [-0.39, 0.29) is 0 Å². The van der Waals surface area contributed by atoms with E-state index in [1.54, 1.807) is 0 Å². The summed E-state index contributed by atoms with van der Waals surface area (Å²) in [7, 11) is 0. The fourth-order valence-electron chi connectivity index (χ4n) is 7.84. The molecule has 9 aromatic carbocycles. The number of nitrogens with one attached hydrogen (secondary N) is 1. The van der Waals surface area contributed by atoms with E-state index in [2.05, 4.69) is 193 Å². The Hall–Kier alpha value is -6.74. The lowest BCUT2D eigenvalue weighted by atomic mass is 9.87. The smallest absolute Gasteiger partial charge is 0.101 e. The first-order valence-corrected chi connectivity index (χ1v) is 18.6. The Labute approximate surface area is 316 Å². The Bertz CT molecular complexity index is 2770. The molecule has 2 heteroatoms. The SMILES string of the molecule is NC(N/C(=C\Cc1ccccc1-c1ccccc1)c1cc(-c2ccccc2)cc(-c2c3ccccc3cc3c2ccc2ccccc23)c1)c1ccccc1. The van der Waals surface area contributed by atoms with E-state index < -0.39 is 6.17 Å². The molecule has 0 saturated carbocycles. The number of hydrogen-bond acceptors (Lipinski definition) is 2. The van der Waals surface area contributed by atoms with Crippen molar-refractivity contribution in [2.75, 3.05) is 0 Å². The van der Waals surface area contributed by atoms with Gasteiger partial charge in [-0.3, -0.25) is 0 Å². The van der Waals surface area contributed by atoms with Crippen molar-refractivity contribution in [3.8, 4) is 33.4 Å². The molecule has 54 heavy (non-hydrogen) atoms. The maximum Gasteiger partial charge on any atom is 0.101 e. The summed E-state index contributed by atoms with van der Waals surface area (Å²) in [5.41, 5.74) is 18.5. The minimum absolute atomic E-state index is 0.407. The molecule has 9 rings (SSSR count). The van der Waals surface area contributed by atoms with Gasteiger partial charge in [-0.25, -0.2) is 0 Å². The van der Waals surface area contributed by atoms with Gasteiger partial charge in [0, 0.05) is 5.70 Å². The molecule has 0 aliphatic heterocycles. The summed E-state index contributed by atoms with van der Waals surface area (Å²) in [6.45, 7) is 0. The highest BCUT2D eigenvalue weighted by atomic mass is 15.0. The lowest BCUT2D eigenvalue weighted by Gasteiger charge is -2.21. The molecule has 1 atom stereocenters. The van der Waals surface area contributed by atoms with E-state index in [0.29, 0.717) is 0 Å². The summed E-state index contributed by atoms with van der Waals surface area (Å²) in [5.74, 6) is 0. The fourth-order valence-corrected chi connectivity index (χ4v) is 7.84. The van der Waals surface area contributed by atoms with Gasteiger partial charge in [-0.05, 0) is 113 Å². The highest BCUT2D eigenvalue weighted by Crippen LogP contribution is 2.41. The van der Waals surface area contributed by atoms with Gasteiger partial charge in [-0.1, -0.05) is 182 Å². The average molecular weight is 693 g/mol. The Kier molecular flexibility index (Phi) is 9.02. The van der Waals surface area contributed by atoms with Gasteiger partial charge in [-0.15, -0.1) is 0 Å². The molecule has 0 spiro atoms. The standard InChI is InChI=1S/C52H40N2/c53-52(40-22-8-3-9-23-40)54-50(31-29-38-20-10-13-25-45(38)37-18-6-2-7-19-37)43-32-42(36-16-4-1-5-17-36)33-44(34-43)51-47-27-15-12-24-41(47)35-49-46-26-14-11-21-39(46)28-30-48(49)51/h1-28,30-35,52,54H,29,53H2/b50-31-. The highest BCUT2D eigenvalue weighted by molar-refractivity contribution is 6.20. The van der Waals surface area contributed by atoms with Crippen LogP contribution in [-0.4, -0.2) is 0 Å². The van der Waals surface area contributed by atoms with Crippen molar-refractivity contribution in [2.45, 2.75) is 12.6 Å². The molecule has 0 heterocycles. The highest BCUT2D eigenvalue weighted by Gasteiger charge is 2.17. The molecule has 3 N–H and O–H groups in total. The van der Waals surface area contributed by atoms with Gasteiger partial charge in [0.25, 0.3) is 0 Å². The summed E-state index contributed by atoms with van der Waals surface area (Å²) < 4.78 is 0. The molecule has 2 nitrogen and oxygen atoms in total. The second kappa shape index (κ2) is 14.7. The molecule has 0 aliphatic carbocycles. The van der Waals surface area contributed by atoms with Crippen LogP contribution in [0.5, 0.6) is 0 Å². The van der Waals surface area contributed by atoms with E-state index in [4.69, 9.17) is 5.73 Å². The van der Waals surface area contributed by atoms with Crippen molar-refractivity contribution in [3.05, 3.63) is 223 Å². The van der Waals surface area contributed by atoms with Crippen LogP contribution in [0.2, 0.25) is 0 Å². The zero-order chi connectivity index (χ0) is 36.3. The second-order valence-corrected chi connectivity index (χ2v) is 13.9. The van der Waals surface area contributed by atoms with E-state index in [9.17, 15) is 0 Å². The molecule has 1 unspecified atom stereocenters. The van der Waals surface area contributed by atoms with Gasteiger partial charge in [-0.2, -0.15) is 0 Å². The van der Waals surface area contributed by atoms with Crippen LogP contribution in [0, 0.1) is 0 Å². The lowest BCUT2D eigenvalue weighted by molar-refractivity contribution is 0.666. The summed E-state index contributed by atoms with van der Waals surface area (Å²) >= 11 is 0. The van der Waals surface area contributed by atoms with Crippen LogP contribution in [0.4, 0.5) is 0 Å².